The Balaban J connectivity index is 0.000000180. The molecular weight excluding hydrogens is 405 g/mol. The van der Waals surface area contributed by atoms with Gasteiger partial charge in [0.05, 0.1) is 6.07 Å². The predicted molar refractivity (Wildman–Crippen MR) is 120 cm³/mol. The molecule has 6 heteroatoms. The van der Waals surface area contributed by atoms with Crippen molar-refractivity contribution in [2.75, 3.05) is 26.2 Å². The smallest absolute Gasteiger partial charge is 0.150 e. The molecule has 2 aromatic carbocycles. The Bertz CT molecular complexity index is 789. The van der Waals surface area contributed by atoms with Crippen LogP contribution < -0.4 is 5.32 Å². The van der Waals surface area contributed by atoms with Gasteiger partial charge in [0.1, 0.15) is 12.3 Å². The van der Waals surface area contributed by atoms with Crippen LogP contribution in [0, 0.1) is 11.3 Å². The van der Waals surface area contributed by atoms with Crippen LogP contribution in [-0.4, -0.2) is 37.4 Å². The molecule has 2 heterocycles. The summed E-state index contributed by atoms with van der Waals surface area (Å²) in [5.41, 5.74) is 1.62. The van der Waals surface area contributed by atoms with Gasteiger partial charge in [-0.1, -0.05) is 47.5 Å². The molecule has 1 unspecified atom stereocenters. The number of nitrogens with one attached hydrogen (secondary N) is 1. The van der Waals surface area contributed by atoms with Crippen LogP contribution in [0.3, 0.4) is 0 Å². The molecule has 0 aliphatic carbocycles. The van der Waals surface area contributed by atoms with E-state index < -0.39 is 0 Å². The molecule has 0 amide bonds. The summed E-state index contributed by atoms with van der Waals surface area (Å²) in [6.07, 6.45) is 5.93. The van der Waals surface area contributed by atoms with E-state index in [1.165, 1.54) is 38.8 Å². The van der Waals surface area contributed by atoms with Crippen molar-refractivity contribution >= 4 is 29.5 Å². The molecule has 0 radical (unpaired) electrons. The summed E-state index contributed by atoms with van der Waals surface area (Å²) in [6.45, 7) is 4.54. The molecule has 0 aromatic heterocycles. The van der Waals surface area contributed by atoms with Crippen molar-refractivity contribution in [2.24, 2.45) is 0 Å². The minimum atomic E-state index is -0.133. The first-order valence-corrected chi connectivity index (χ1v) is 10.7. The fourth-order valence-electron chi connectivity index (χ4n) is 3.25. The first kappa shape index (κ1) is 23.4. The molecule has 4 rings (SSSR count). The SMILES string of the molecule is C1CCNC1.N#CC(c1cccc(Cl)c1)N1CCCC1.O=Cc1cccc(Cl)c1. The van der Waals surface area contributed by atoms with Gasteiger partial charge in [-0.25, -0.2) is 0 Å². The average molecular weight is 432 g/mol. The van der Waals surface area contributed by atoms with Crippen molar-refractivity contribution < 1.29 is 4.79 Å². The van der Waals surface area contributed by atoms with Gasteiger partial charge in [0.15, 0.2) is 0 Å². The summed E-state index contributed by atoms with van der Waals surface area (Å²) >= 11 is 11.5. The Morgan fingerprint density at radius 3 is 2.03 bits per heavy atom. The van der Waals surface area contributed by atoms with E-state index >= 15 is 0 Å². The van der Waals surface area contributed by atoms with Crippen LogP contribution in [0.25, 0.3) is 0 Å². The second kappa shape index (κ2) is 13.3. The van der Waals surface area contributed by atoms with Crippen molar-refractivity contribution in [3.8, 4) is 6.07 Å². The van der Waals surface area contributed by atoms with Crippen LogP contribution >= 0.6 is 23.2 Å². The number of likely N-dealkylation sites (tertiary alicyclic amines) is 1. The number of rotatable bonds is 3. The Morgan fingerprint density at radius 2 is 1.59 bits per heavy atom. The molecule has 2 aromatic rings. The van der Waals surface area contributed by atoms with Gasteiger partial charge >= 0.3 is 0 Å². The highest BCUT2D eigenvalue weighted by atomic mass is 35.5. The zero-order chi connectivity index (χ0) is 20.9. The van der Waals surface area contributed by atoms with Crippen LogP contribution in [0.15, 0.2) is 48.5 Å². The van der Waals surface area contributed by atoms with E-state index in [9.17, 15) is 10.1 Å². The molecule has 2 aliphatic heterocycles. The number of nitrogens with zero attached hydrogens (tertiary/aromatic N) is 2. The van der Waals surface area contributed by atoms with E-state index in [2.05, 4.69) is 16.3 Å². The third-order valence-electron chi connectivity index (χ3n) is 4.73. The average Bonchev–Trinajstić information content (AvgIpc) is 3.46. The maximum Gasteiger partial charge on any atom is 0.150 e. The molecule has 29 heavy (non-hydrogen) atoms. The lowest BCUT2D eigenvalue weighted by Crippen LogP contribution is -2.24. The van der Waals surface area contributed by atoms with Crippen LogP contribution in [0.4, 0.5) is 0 Å². The lowest BCUT2D eigenvalue weighted by molar-refractivity contribution is 0.112. The minimum Gasteiger partial charge on any atom is -0.317 e. The summed E-state index contributed by atoms with van der Waals surface area (Å²) in [5, 5.41) is 13.7. The van der Waals surface area contributed by atoms with E-state index in [0.29, 0.717) is 15.6 Å². The van der Waals surface area contributed by atoms with Crippen molar-refractivity contribution in [3.63, 3.8) is 0 Å². The van der Waals surface area contributed by atoms with Crippen molar-refractivity contribution in [3.05, 3.63) is 69.7 Å². The second-order valence-corrected chi connectivity index (χ2v) is 7.83. The van der Waals surface area contributed by atoms with Gasteiger partial charge in [0.2, 0.25) is 0 Å². The van der Waals surface area contributed by atoms with Gasteiger partial charge in [-0.15, -0.1) is 0 Å². The quantitative estimate of drug-likeness (QED) is 0.649. The summed E-state index contributed by atoms with van der Waals surface area (Å²) in [5.74, 6) is 0. The van der Waals surface area contributed by atoms with E-state index in [4.69, 9.17) is 23.2 Å². The molecule has 4 nitrogen and oxygen atoms in total. The molecule has 154 valence electrons. The topological polar surface area (TPSA) is 56.1 Å². The summed E-state index contributed by atoms with van der Waals surface area (Å²) in [4.78, 5) is 12.3. The minimum absolute atomic E-state index is 0.133. The molecule has 0 bridgehead atoms. The molecule has 1 N–H and O–H groups in total. The summed E-state index contributed by atoms with van der Waals surface area (Å²) < 4.78 is 0. The Morgan fingerprint density at radius 1 is 0.966 bits per heavy atom. The molecule has 1 atom stereocenters. The van der Waals surface area contributed by atoms with Crippen LogP contribution in [-0.2, 0) is 0 Å². The second-order valence-electron chi connectivity index (χ2n) is 6.96. The van der Waals surface area contributed by atoms with Crippen LogP contribution in [0.5, 0.6) is 0 Å². The standard InChI is InChI=1S/C12H13ClN2.C7H5ClO.C4H9N/c13-11-5-3-4-10(8-11)12(9-14)15-6-1-2-7-15;8-7-3-1-2-6(4-7)5-9;1-2-4-5-3-1/h3-5,8,12H,1-2,6-7H2;1-5H;5H,1-4H2. The highest BCUT2D eigenvalue weighted by Crippen LogP contribution is 2.26. The third kappa shape index (κ3) is 8.55. The number of aldehydes is 1. The monoisotopic (exact) mass is 431 g/mol. The molecule has 2 aliphatic rings. The number of hydrogen-bond donors (Lipinski definition) is 1. The largest absolute Gasteiger partial charge is 0.317 e. The Kier molecular flexibility index (Phi) is 10.8. The van der Waals surface area contributed by atoms with E-state index in [-0.39, 0.29) is 6.04 Å². The van der Waals surface area contributed by atoms with Gasteiger partial charge in [-0.3, -0.25) is 9.69 Å². The number of halogens is 2. The number of benzene rings is 2. The fraction of sp³-hybridized carbons (Fsp3) is 0.391. The first-order valence-electron chi connectivity index (χ1n) is 9.94. The summed E-state index contributed by atoms with van der Waals surface area (Å²) in [6, 6.07) is 16.6. The first-order chi connectivity index (χ1) is 14.1. The fourth-order valence-corrected chi connectivity index (χ4v) is 3.65. The van der Waals surface area contributed by atoms with Gasteiger partial charge in [0.25, 0.3) is 0 Å². The number of carbonyl (C=O) groups is 1. The van der Waals surface area contributed by atoms with Gasteiger partial charge in [0, 0.05) is 15.6 Å². The van der Waals surface area contributed by atoms with Gasteiger partial charge in [-0.2, -0.15) is 5.26 Å². The number of nitriles is 1. The molecule has 2 fully saturated rings. The van der Waals surface area contributed by atoms with Gasteiger partial charge in [-0.05, 0) is 81.7 Å². The number of carbonyl (C=O) groups excluding carboxylic acids is 1. The lowest BCUT2D eigenvalue weighted by Gasteiger charge is -2.21. The Labute approximate surface area is 183 Å². The highest BCUT2D eigenvalue weighted by molar-refractivity contribution is 6.31. The molecular formula is C23H27Cl2N3O. The zero-order valence-electron chi connectivity index (χ0n) is 16.5. The van der Waals surface area contributed by atoms with Crippen molar-refractivity contribution in [2.45, 2.75) is 31.7 Å². The maximum absolute atomic E-state index is 10.1. The normalized spacial score (nSPS) is 16.6. The Hall–Kier alpha value is -1.90. The van der Waals surface area contributed by atoms with Crippen LogP contribution in [0.1, 0.15) is 47.6 Å². The predicted octanol–water partition coefficient (Wildman–Crippen LogP) is 5.52. The van der Waals surface area contributed by atoms with Crippen molar-refractivity contribution in [1.29, 1.82) is 5.26 Å². The molecule has 0 spiro atoms. The van der Waals surface area contributed by atoms with E-state index in [0.717, 1.165) is 24.9 Å². The third-order valence-corrected chi connectivity index (χ3v) is 5.20. The summed E-state index contributed by atoms with van der Waals surface area (Å²) in [7, 11) is 0. The highest BCUT2D eigenvalue weighted by Gasteiger charge is 2.22. The molecule has 0 saturated carbocycles. The van der Waals surface area contributed by atoms with E-state index in [1.54, 1.807) is 24.3 Å². The van der Waals surface area contributed by atoms with Gasteiger partial charge < -0.3 is 5.32 Å². The van der Waals surface area contributed by atoms with E-state index in [1.807, 2.05) is 24.3 Å². The van der Waals surface area contributed by atoms with Crippen molar-refractivity contribution in [1.82, 2.24) is 10.2 Å². The number of hydrogen-bond acceptors (Lipinski definition) is 4. The lowest BCUT2D eigenvalue weighted by atomic mass is 10.1. The maximum atomic E-state index is 10.1. The zero-order valence-corrected chi connectivity index (χ0v) is 18.0. The van der Waals surface area contributed by atoms with Crippen LogP contribution in [0.2, 0.25) is 10.0 Å². The molecule has 2 saturated heterocycles.